The zero-order valence-electron chi connectivity index (χ0n) is 26.1. The Morgan fingerprint density at radius 2 is 1.18 bits per heavy atom. The molecule has 0 aliphatic rings. The van der Waals surface area contributed by atoms with Gasteiger partial charge in [0.1, 0.15) is 0 Å². The Bertz CT molecular complexity index is 3330. The number of para-hydroxylation sites is 1. The molecule has 0 bridgehead atoms. The summed E-state index contributed by atoms with van der Waals surface area (Å²) in [5.41, 5.74) is 8.05. The molecule has 0 saturated carbocycles. The predicted octanol–water partition coefficient (Wildman–Crippen LogP) is 11.9. The molecule has 0 saturated heterocycles. The smallest absolute Gasteiger partial charge is 0.162 e. The Hall–Kier alpha value is -6.30. The summed E-state index contributed by atoms with van der Waals surface area (Å²) in [7, 11) is 0. The molecule has 0 spiro atoms. The molecule has 49 heavy (non-hydrogen) atoms. The van der Waals surface area contributed by atoms with E-state index in [1.54, 1.807) is 11.3 Å². The van der Waals surface area contributed by atoms with Crippen LogP contribution in [0.2, 0.25) is 0 Å². The monoisotopic (exact) mass is 640 g/mol. The highest BCUT2D eigenvalue weighted by Crippen LogP contribution is 2.49. The van der Waals surface area contributed by atoms with Gasteiger partial charge in [0, 0.05) is 42.6 Å². The van der Waals surface area contributed by atoms with Crippen LogP contribution < -0.4 is 0 Å². The molecule has 0 radical (unpaired) electrons. The van der Waals surface area contributed by atoms with Gasteiger partial charge in [-0.25, -0.2) is 9.97 Å². The summed E-state index contributed by atoms with van der Waals surface area (Å²) < 4.78 is 7.30. The second-order valence-corrected chi connectivity index (χ2v) is 14.0. The van der Waals surface area contributed by atoms with Crippen molar-refractivity contribution in [1.29, 1.82) is 0 Å². The average molecular weight is 641 g/mol. The molecule has 0 unspecified atom stereocenters. The van der Waals surface area contributed by atoms with Crippen molar-refractivity contribution in [2.24, 2.45) is 0 Å². The van der Waals surface area contributed by atoms with E-state index < -0.39 is 0 Å². The van der Waals surface area contributed by atoms with Crippen LogP contribution in [0.25, 0.3) is 108 Å². The van der Waals surface area contributed by atoms with Gasteiger partial charge in [0.05, 0.1) is 37.8 Å². The van der Waals surface area contributed by atoms with Crippen molar-refractivity contribution >= 4 is 102 Å². The summed E-state index contributed by atoms with van der Waals surface area (Å²) in [5, 5.41) is 11.1. The van der Waals surface area contributed by atoms with Crippen molar-refractivity contribution in [2.75, 3.05) is 0 Å². The van der Waals surface area contributed by atoms with Gasteiger partial charge in [-0.3, -0.25) is 4.57 Å². The molecule has 5 heterocycles. The van der Waals surface area contributed by atoms with Gasteiger partial charge >= 0.3 is 0 Å². The molecule has 0 fully saturated rings. The lowest BCUT2D eigenvalue weighted by atomic mass is 10.0. The maximum Gasteiger partial charge on any atom is 0.162 e. The summed E-state index contributed by atoms with van der Waals surface area (Å²) in [5.74, 6) is 1.65. The van der Waals surface area contributed by atoms with Crippen molar-refractivity contribution in [1.82, 2.24) is 18.9 Å². The van der Waals surface area contributed by atoms with Gasteiger partial charge in [0.25, 0.3) is 0 Å². The van der Waals surface area contributed by atoms with E-state index in [9.17, 15) is 0 Å². The lowest BCUT2D eigenvalue weighted by Crippen LogP contribution is -2.02. The van der Waals surface area contributed by atoms with Gasteiger partial charge in [-0.15, -0.1) is 11.3 Å². The first-order valence-corrected chi connectivity index (χ1v) is 17.4. The largest absolute Gasteiger partial charge is 0.306 e. The molecule has 226 valence electrons. The van der Waals surface area contributed by atoms with Crippen LogP contribution in [0.3, 0.4) is 0 Å². The van der Waals surface area contributed by atoms with E-state index in [2.05, 4.69) is 148 Å². The van der Waals surface area contributed by atoms with E-state index in [4.69, 9.17) is 9.97 Å². The second-order valence-electron chi connectivity index (χ2n) is 12.9. The minimum absolute atomic E-state index is 0.731. The van der Waals surface area contributed by atoms with Crippen molar-refractivity contribution in [3.63, 3.8) is 0 Å². The first-order valence-electron chi connectivity index (χ1n) is 16.6. The minimum Gasteiger partial charge on any atom is -0.306 e. The second kappa shape index (κ2) is 9.19. The fraction of sp³-hybridized carbons (Fsp3) is 0. The molecule has 0 atom stereocenters. The normalized spacial score (nSPS) is 12.5. The highest BCUT2D eigenvalue weighted by Gasteiger charge is 2.28. The Balaban J connectivity index is 1.40. The van der Waals surface area contributed by atoms with E-state index in [-0.39, 0.29) is 0 Å². The number of rotatable bonds is 2. The molecule has 0 aliphatic carbocycles. The van der Waals surface area contributed by atoms with Gasteiger partial charge in [0.2, 0.25) is 0 Å². The fourth-order valence-corrected chi connectivity index (χ4v) is 9.54. The summed E-state index contributed by atoms with van der Waals surface area (Å²) >= 11 is 1.78. The Morgan fingerprint density at radius 1 is 0.469 bits per heavy atom. The van der Waals surface area contributed by atoms with Crippen molar-refractivity contribution in [2.45, 2.75) is 0 Å². The van der Waals surface area contributed by atoms with Gasteiger partial charge in [0.15, 0.2) is 11.6 Å². The molecule has 0 aliphatic heterocycles. The standard InChI is InChI=1S/C44H24N4S/c1-2-13-26(14-3-1)43-45-37-31-19-9-11-21-35(31)49-42(37)44(46-43)48-38-29-17-7-4-12-25(29)22-23-32(38)40-41(48)33-24-27-15-5-6-16-28(27)36-30-18-8-10-20-34(30)47(40)39(33)36/h1-24H. The predicted molar refractivity (Wildman–Crippen MR) is 207 cm³/mol. The molecule has 12 rings (SSSR count). The summed E-state index contributed by atoms with van der Waals surface area (Å²) in [6.07, 6.45) is 0. The molecule has 0 amide bonds. The van der Waals surface area contributed by atoms with Crippen LogP contribution in [-0.2, 0) is 0 Å². The first kappa shape index (κ1) is 25.7. The van der Waals surface area contributed by atoms with E-state index >= 15 is 0 Å². The van der Waals surface area contributed by atoms with E-state index in [0.717, 1.165) is 32.8 Å². The number of aromatic nitrogens is 4. The average Bonchev–Trinajstić information content (AvgIpc) is 3.90. The Morgan fingerprint density at radius 3 is 2.06 bits per heavy atom. The highest BCUT2D eigenvalue weighted by molar-refractivity contribution is 7.26. The third-order valence-corrected chi connectivity index (χ3v) is 11.6. The van der Waals surface area contributed by atoms with E-state index in [1.807, 2.05) is 6.07 Å². The molecule has 7 aromatic carbocycles. The number of thiophene rings is 1. The van der Waals surface area contributed by atoms with Crippen LogP contribution in [0.15, 0.2) is 146 Å². The number of benzene rings is 7. The van der Waals surface area contributed by atoms with Crippen LogP contribution >= 0.6 is 11.3 Å². The fourth-order valence-electron chi connectivity index (χ4n) is 8.42. The molecule has 0 N–H and O–H groups in total. The van der Waals surface area contributed by atoms with Crippen LogP contribution in [0, 0.1) is 0 Å². The number of nitrogens with zero attached hydrogens (tertiary/aromatic N) is 4. The summed E-state index contributed by atoms with van der Waals surface area (Å²) in [4.78, 5) is 10.8. The Kier molecular flexibility index (Phi) is 4.83. The van der Waals surface area contributed by atoms with Crippen molar-refractivity contribution in [3.8, 4) is 17.2 Å². The lowest BCUT2D eigenvalue weighted by Gasteiger charge is -2.12. The van der Waals surface area contributed by atoms with Crippen molar-refractivity contribution in [3.05, 3.63) is 146 Å². The van der Waals surface area contributed by atoms with Crippen molar-refractivity contribution < 1.29 is 0 Å². The van der Waals surface area contributed by atoms with Crippen LogP contribution in [-0.4, -0.2) is 18.9 Å². The number of hydrogen-bond acceptors (Lipinski definition) is 3. The molecule has 5 aromatic heterocycles. The van der Waals surface area contributed by atoms with Gasteiger partial charge < -0.3 is 4.40 Å². The van der Waals surface area contributed by atoms with E-state index in [0.29, 0.717) is 0 Å². The molecule has 12 aromatic rings. The van der Waals surface area contributed by atoms with Gasteiger partial charge in [-0.1, -0.05) is 127 Å². The highest BCUT2D eigenvalue weighted by atomic mass is 32.1. The quantitative estimate of drug-likeness (QED) is 0.188. The first-order chi connectivity index (χ1) is 24.3. The van der Waals surface area contributed by atoms with Crippen LogP contribution in [0.4, 0.5) is 0 Å². The van der Waals surface area contributed by atoms with Gasteiger partial charge in [-0.2, -0.15) is 0 Å². The van der Waals surface area contributed by atoms with E-state index in [1.165, 1.54) is 75.4 Å². The maximum absolute atomic E-state index is 5.53. The van der Waals surface area contributed by atoms with Gasteiger partial charge in [-0.05, 0) is 34.4 Å². The molecular formula is C44H24N4S. The minimum atomic E-state index is 0.731. The topological polar surface area (TPSA) is 35.1 Å². The van der Waals surface area contributed by atoms with Crippen LogP contribution in [0.1, 0.15) is 0 Å². The van der Waals surface area contributed by atoms with Crippen LogP contribution in [0.5, 0.6) is 0 Å². The number of fused-ring (bicyclic) bond motifs is 15. The lowest BCUT2D eigenvalue weighted by molar-refractivity contribution is 1.09. The third-order valence-electron chi connectivity index (χ3n) is 10.4. The molecular weight excluding hydrogens is 617 g/mol. The maximum atomic E-state index is 5.53. The summed E-state index contributed by atoms with van der Waals surface area (Å²) in [6.45, 7) is 0. The Labute approximate surface area is 283 Å². The zero-order chi connectivity index (χ0) is 31.8. The molecule has 4 nitrogen and oxygen atoms in total. The molecule has 5 heteroatoms. The number of hydrogen-bond donors (Lipinski definition) is 0. The SMILES string of the molecule is c1ccc(-c2nc(-n3c4c5ccccc5ccc4c4c3c3cc5ccccc5c5c6ccccc6n4c35)c3sc4ccccc4c3n2)cc1. The zero-order valence-corrected chi connectivity index (χ0v) is 26.9. The summed E-state index contributed by atoms with van der Waals surface area (Å²) in [6, 6.07) is 52.5. The third kappa shape index (κ3) is 3.23.